The predicted molar refractivity (Wildman–Crippen MR) is 132 cm³/mol. The Hall–Kier alpha value is -2.25. The lowest BCUT2D eigenvalue weighted by Gasteiger charge is -2.32. The molecule has 0 saturated heterocycles. The molecular weight excluding hydrogens is 484 g/mol. The molecule has 1 N–H and O–H groups in total. The van der Waals surface area contributed by atoms with Crippen molar-refractivity contribution in [3.8, 4) is 0 Å². The Bertz CT molecular complexity index is 892. The quantitative estimate of drug-likeness (QED) is 0.189. The van der Waals surface area contributed by atoms with Crippen molar-refractivity contribution in [3.05, 3.63) is 59.2 Å². The van der Waals surface area contributed by atoms with Gasteiger partial charge in [-0.3, -0.25) is 19.3 Å². The van der Waals surface area contributed by atoms with E-state index in [4.69, 9.17) is 4.74 Å². The number of carbonyl (C=O) groups excluding carboxylic acids is 3. The monoisotopic (exact) mass is 516 g/mol. The molecular formula is C26H33BrN2O4. The molecule has 178 valence electrons. The van der Waals surface area contributed by atoms with Gasteiger partial charge in [-0.1, -0.05) is 53.2 Å². The lowest BCUT2D eigenvalue weighted by molar-refractivity contribution is -0.142. The minimum absolute atomic E-state index is 0.0791. The van der Waals surface area contributed by atoms with Gasteiger partial charge in [0.1, 0.15) is 6.61 Å². The van der Waals surface area contributed by atoms with Crippen molar-refractivity contribution in [1.82, 2.24) is 10.2 Å². The Morgan fingerprint density at radius 3 is 2.55 bits per heavy atom. The van der Waals surface area contributed by atoms with Gasteiger partial charge in [0.2, 0.25) is 0 Å². The fourth-order valence-corrected chi connectivity index (χ4v) is 4.54. The fourth-order valence-electron chi connectivity index (χ4n) is 4.15. The molecule has 1 aliphatic heterocycles. The largest absolute Gasteiger partial charge is 0.461 e. The van der Waals surface area contributed by atoms with Crippen molar-refractivity contribution in [2.45, 2.75) is 58.0 Å². The first-order valence-electron chi connectivity index (χ1n) is 11.7. The molecule has 0 radical (unpaired) electrons. The summed E-state index contributed by atoms with van der Waals surface area (Å²) in [4.78, 5) is 39.2. The van der Waals surface area contributed by atoms with Crippen LogP contribution >= 0.6 is 15.9 Å². The lowest BCUT2D eigenvalue weighted by atomic mass is 9.88. The van der Waals surface area contributed by atoms with E-state index in [1.165, 1.54) is 4.90 Å². The number of amides is 2. The second-order valence-electron chi connectivity index (χ2n) is 8.70. The molecule has 2 amide bonds. The van der Waals surface area contributed by atoms with Gasteiger partial charge in [-0.15, -0.1) is 0 Å². The number of unbranched alkanes of at least 4 members (excludes halogenated alkanes) is 1. The van der Waals surface area contributed by atoms with Crippen LogP contribution in [0.4, 0.5) is 0 Å². The van der Waals surface area contributed by atoms with E-state index in [0.717, 1.165) is 36.6 Å². The number of nitrogens with zero attached hydrogens (tertiary/aromatic N) is 1. The molecule has 3 unspecified atom stereocenters. The molecule has 1 aromatic rings. The highest BCUT2D eigenvalue weighted by atomic mass is 79.9. The fraction of sp³-hybridized carbons (Fsp3) is 0.500. The van der Waals surface area contributed by atoms with E-state index in [1.54, 1.807) is 24.3 Å². The van der Waals surface area contributed by atoms with E-state index in [-0.39, 0.29) is 42.4 Å². The number of hydrogen-bond acceptors (Lipinski definition) is 5. The summed E-state index contributed by atoms with van der Waals surface area (Å²) >= 11 is 3.37. The molecule has 0 saturated carbocycles. The highest BCUT2D eigenvalue weighted by Crippen LogP contribution is 2.26. The van der Waals surface area contributed by atoms with E-state index in [0.29, 0.717) is 24.1 Å². The van der Waals surface area contributed by atoms with Crippen LogP contribution in [0, 0.1) is 5.92 Å². The van der Waals surface area contributed by atoms with Crippen molar-refractivity contribution in [2.75, 3.05) is 18.5 Å². The number of ether oxygens (including phenoxy) is 1. The van der Waals surface area contributed by atoms with E-state index in [9.17, 15) is 14.4 Å². The summed E-state index contributed by atoms with van der Waals surface area (Å²) in [7, 11) is 0. The Morgan fingerprint density at radius 2 is 1.91 bits per heavy atom. The van der Waals surface area contributed by atoms with Crippen LogP contribution < -0.4 is 5.32 Å². The van der Waals surface area contributed by atoms with Crippen molar-refractivity contribution in [3.63, 3.8) is 0 Å². The molecule has 0 aromatic heterocycles. The Balaban J connectivity index is 1.69. The van der Waals surface area contributed by atoms with Crippen LogP contribution in [0.5, 0.6) is 0 Å². The van der Waals surface area contributed by atoms with Crippen LogP contribution in [-0.4, -0.2) is 53.2 Å². The summed E-state index contributed by atoms with van der Waals surface area (Å²) in [6, 6.07) is 7.12. The van der Waals surface area contributed by atoms with Gasteiger partial charge in [-0.25, -0.2) is 0 Å². The molecule has 3 atom stereocenters. The van der Waals surface area contributed by atoms with Crippen LogP contribution in [0.25, 0.3) is 0 Å². The van der Waals surface area contributed by atoms with Crippen LogP contribution in [0.15, 0.2) is 48.1 Å². The number of halogens is 1. The van der Waals surface area contributed by atoms with E-state index in [1.807, 2.05) is 6.08 Å². The third-order valence-corrected chi connectivity index (χ3v) is 6.78. The summed E-state index contributed by atoms with van der Waals surface area (Å²) in [5.74, 6) is -0.581. The Kier molecular flexibility index (Phi) is 9.44. The SMILES string of the molecule is CCC(C)NC(CN1C(=O)c2ccccc2C1=O)C1C=C(COC(=O)CCCCBr)C=CC1. The average Bonchev–Trinajstić information content (AvgIpc) is 3.07. The van der Waals surface area contributed by atoms with Gasteiger partial charge in [-0.2, -0.15) is 0 Å². The molecule has 3 rings (SSSR count). The smallest absolute Gasteiger partial charge is 0.306 e. The Labute approximate surface area is 204 Å². The van der Waals surface area contributed by atoms with Gasteiger partial charge in [-0.05, 0) is 56.2 Å². The summed E-state index contributed by atoms with van der Waals surface area (Å²) in [5.41, 5.74) is 1.88. The van der Waals surface area contributed by atoms with Gasteiger partial charge >= 0.3 is 5.97 Å². The molecule has 1 aromatic carbocycles. The first-order valence-corrected chi connectivity index (χ1v) is 12.9. The zero-order chi connectivity index (χ0) is 23.8. The molecule has 2 aliphatic rings. The average molecular weight is 517 g/mol. The van der Waals surface area contributed by atoms with Crippen LogP contribution in [0.1, 0.15) is 66.7 Å². The van der Waals surface area contributed by atoms with Gasteiger partial charge in [0, 0.05) is 30.4 Å². The van der Waals surface area contributed by atoms with Gasteiger partial charge in [0.25, 0.3) is 11.8 Å². The number of benzene rings is 1. The summed E-state index contributed by atoms with van der Waals surface area (Å²) in [6.07, 6.45) is 10.1. The minimum Gasteiger partial charge on any atom is -0.461 e. The highest BCUT2D eigenvalue weighted by molar-refractivity contribution is 9.09. The normalized spacial score (nSPS) is 19.3. The maximum absolute atomic E-state index is 12.9. The predicted octanol–water partition coefficient (Wildman–Crippen LogP) is 4.65. The summed E-state index contributed by atoms with van der Waals surface area (Å²) < 4.78 is 5.46. The number of fused-ring (bicyclic) bond motifs is 1. The Morgan fingerprint density at radius 1 is 1.21 bits per heavy atom. The van der Waals surface area contributed by atoms with Crippen molar-refractivity contribution >= 4 is 33.7 Å². The topological polar surface area (TPSA) is 75.7 Å². The van der Waals surface area contributed by atoms with E-state index >= 15 is 0 Å². The number of carbonyl (C=O) groups is 3. The number of nitrogens with one attached hydrogen (secondary N) is 1. The minimum atomic E-state index is -0.237. The third-order valence-electron chi connectivity index (χ3n) is 6.22. The number of esters is 1. The number of hydrogen-bond donors (Lipinski definition) is 1. The second-order valence-corrected chi connectivity index (χ2v) is 9.49. The van der Waals surface area contributed by atoms with Crippen LogP contribution in [-0.2, 0) is 9.53 Å². The highest BCUT2D eigenvalue weighted by Gasteiger charge is 2.37. The molecule has 1 heterocycles. The third kappa shape index (κ3) is 6.64. The zero-order valence-corrected chi connectivity index (χ0v) is 21.0. The first-order chi connectivity index (χ1) is 15.9. The maximum Gasteiger partial charge on any atom is 0.306 e. The molecule has 0 bridgehead atoms. The van der Waals surface area contributed by atoms with Crippen molar-refractivity contribution in [2.24, 2.45) is 5.92 Å². The number of imide groups is 1. The molecule has 7 heteroatoms. The van der Waals surface area contributed by atoms with Gasteiger partial charge in [0.15, 0.2) is 0 Å². The van der Waals surface area contributed by atoms with Crippen LogP contribution in [0.3, 0.4) is 0 Å². The lowest BCUT2D eigenvalue weighted by Crippen LogP contribution is -2.50. The second kappa shape index (κ2) is 12.3. The molecule has 1 aliphatic carbocycles. The van der Waals surface area contributed by atoms with Gasteiger partial charge in [0.05, 0.1) is 11.1 Å². The molecule has 0 fully saturated rings. The number of rotatable bonds is 12. The number of allylic oxidation sites excluding steroid dienone is 1. The van der Waals surface area contributed by atoms with Gasteiger partial charge < -0.3 is 10.1 Å². The van der Waals surface area contributed by atoms with E-state index in [2.05, 4.69) is 47.2 Å². The van der Waals surface area contributed by atoms with E-state index < -0.39 is 0 Å². The summed E-state index contributed by atoms with van der Waals surface area (Å²) in [6.45, 7) is 4.75. The maximum atomic E-state index is 12.9. The van der Waals surface area contributed by atoms with Crippen LogP contribution in [0.2, 0.25) is 0 Å². The van der Waals surface area contributed by atoms with Crippen molar-refractivity contribution < 1.29 is 19.1 Å². The zero-order valence-electron chi connectivity index (χ0n) is 19.4. The van der Waals surface area contributed by atoms with Crippen molar-refractivity contribution in [1.29, 1.82) is 0 Å². The first kappa shape index (κ1) is 25.4. The number of alkyl halides is 1. The summed E-state index contributed by atoms with van der Waals surface area (Å²) in [5, 5.41) is 4.50. The standard InChI is InChI=1S/C26H33BrN2O4/c1-3-18(2)28-23(16-29-25(31)21-11-4-5-12-22(21)26(29)32)20-10-8-9-19(15-20)17-33-24(30)13-6-7-14-27/h4-5,8-9,11-12,15,18,20,23,28H,3,6-7,10,13-14,16-17H2,1-2H3. The molecule has 33 heavy (non-hydrogen) atoms. The molecule has 6 nitrogen and oxygen atoms in total. The molecule has 0 spiro atoms.